The molecule has 1 aliphatic heterocycles. The zero-order chi connectivity index (χ0) is 26.6. The summed E-state index contributed by atoms with van der Waals surface area (Å²) in [5, 5.41) is 0.884. The molecular weight excluding hydrogens is 488 g/mol. The Kier molecular flexibility index (Phi) is 7.69. The topological polar surface area (TPSA) is 56.6 Å². The molecule has 0 N–H and O–H groups in total. The van der Waals surface area contributed by atoms with E-state index in [2.05, 4.69) is 22.8 Å². The maximum absolute atomic E-state index is 14.3. The fourth-order valence-corrected chi connectivity index (χ4v) is 4.95. The third-order valence-electron chi connectivity index (χ3n) is 7.06. The van der Waals surface area contributed by atoms with E-state index < -0.39 is 17.5 Å². The number of amides is 1. The van der Waals surface area contributed by atoms with E-state index in [0.29, 0.717) is 24.6 Å². The molecule has 0 bridgehead atoms. The van der Waals surface area contributed by atoms with Crippen LogP contribution in [0, 0.1) is 17.6 Å². The van der Waals surface area contributed by atoms with Crippen molar-refractivity contribution < 1.29 is 23.0 Å². The van der Waals surface area contributed by atoms with Gasteiger partial charge in [-0.05, 0) is 73.7 Å². The molecule has 1 saturated heterocycles. The first-order valence-electron chi connectivity index (χ1n) is 12.9. The molecule has 1 fully saturated rings. The second kappa shape index (κ2) is 11.3. The summed E-state index contributed by atoms with van der Waals surface area (Å²) in [4.78, 5) is 19.0. The molecule has 198 valence electrons. The molecule has 2 aromatic carbocycles. The second-order valence-corrected chi connectivity index (χ2v) is 9.65. The molecule has 0 saturated carbocycles. The molecule has 0 radical (unpaired) electrons. The van der Waals surface area contributed by atoms with Crippen LogP contribution in [0.4, 0.5) is 14.5 Å². The second-order valence-electron chi connectivity index (χ2n) is 9.65. The molecule has 6 nitrogen and oxygen atoms in total. The summed E-state index contributed by atoms with van der Waals surface area (Å²) in [5.74, 6) is -0.745. The van der Waals surface area contributed by atoms with E-state index in [1.165, 1.54) is 11.9 Å². The molecule has 4 aromatic rings. The molecule has 5 rings (SSSR count). The van der Waals surface area contributed by atoms with Gasteiger partial charge in [-0.2, -0.15) is 0 Å². The maximum atomic E-state index is 14.3. The number of halogens is 2. The minimum atomic E-state index is -0.766. The van der Waals surface area contributed by atoms with E-state index in [1.54, 1.807) is 6.20 Å². The van der Waals surface area contributed by atoms with Crippen LogP contribution >= 0.6 is 0 Å². The van der Waals surface area contributed by atoms with Crippen LogP contribution in [0.3, 0.4) is 0 Å². The van der Waals surface area contributed by atoms with Crippen LogP contribution in [-0.4, -0.2) is 42.3 Å². The number of carbonyl (C=O) groups is 1. The van der Waals surface area contributed by atoms with Crippen LogP contribution in [0.5, 0.6) is 5.75 Å². The summed E-state index contributed by atoms with van der Waals surface area (Å²) in [6.07, 6.45) is 4.32. The zero-order valence-electron chi connectivity index (χ0n) is 21.6. The van der Waals surface area contributed by atoms with E-state index in [1.807, 2.05) is 25.1 Å². The molecule has 0 unspecified atom stereocenters. The number of ether oxygens (including phenoxy) is 2. The van der Waals surface area contributed by atoms with Crippen molar-refractivity contribution in [1.29, 1.82) is 0 Å². The Morgan fingerprint density at radius 3 is 2.61 bits per heavy atom. The average molecular weight is 520 g/mol. The molecular formula is C30H31F2N3O3. The summed E-state index contributed by atoms with van der Waals surface area (Å²) in [5.41, 5.74) is 3.28. The molecule has 8 heteroatoms. The lowest BCUT2D eigenvalue weighted by atomic mass is 10.00. The predicted octanol–water partition coefficient (Wildman–Crippen LogP) is 6.01. The lowest BCUT2D eigenvalue weighted by molar-refractivity contribution is 0.0614. The Morgan fingerprint density at radius 1 is 1.11 bits per heavy atom. The smallest absolute Gasteiger partial charge is 0.261 e. The maximum Gasteiger partial charge on any atom is 0.261 e. The van der Waals surface area contributed by atoms with Crippen LogP contribution in [0.15, 0.2) is 60.8 Å². The van der Waals surface area contributed by atoms with Crippen molar-refractivity contribution >= 4 is 22.6 Å². The fraction of sp³-hybridized carbons (Fsp3) is 0.333. The minimum Gasteiger partial charge on any atom is -0.494 e. The largest absolute Gasteiger partial charge is 0.494 e. The monoisotopic (exact) mass is 519 g/mol. The van der Waals surface area contributed by atoms with Crippen LogP contribution in [-0.2, 0) is 17.7 Å². The third-order valence-corrected chi connectivity index (χ3v) is 7.06. The van der Waals surface area contributed by atoms with Gasteiger partial charge in [0.1, 0.15) is 23.0 Å². The summed E-state index contributed by atoms with van der Waals surface area (Å²) in [6.45, 7) is 4.94. The molecule has 0 atom stereocenters. The lowest BCUT2D eigenvalue weighted by Crippen LogP contribution is -2.27. The van der Waals surface area contributed by atoms with Crippen LogP contribution in [0.25, 0.3) is 11.0 Å². The van der Waals surface area contributed by atoms with Crippen molar-refractivity contribution in [3.63, 3.8) is 0 Å². The number of nitrogens with zero attached hydrogens (tertiary/aromatic N) is 3. The zero-order valence-corrected chi connectivity index (χ0v) is 21.6. The van der Waals surface area contributed by atoms with Crippen molar-refractivity contribution in [2.24, 2.45) is 5.92 Å². The van der Waals surface area contributed by atoms with Gasteiger partial charge < -0.3 is 18.9 Å². The minimum absolute atomic E-state index is 0.319. The van der Waals surface area contributed by atoms with Crippen molar-refractivity contribution in [2.75, 3.05) is 31.8 Å². The molecule has 3 heterocycles. The summed E-state index contributed by atoms with van der Waals surface area (Å²) >= 11 is 0. The first kappa shape index (κ1) is 25.9. The Labute approximate surface area is 220 Å². The first-order valence-corrected chi connectivity index (χ1v) is 12.9. The number of benzene rings is 2. The number of fused-ring (bicyclic) bond motifs is 1. The van der Waals surface area contributed by atoms with E-state index in [-0.39, 0.29) is 5.56 Å². The number of rotatable bonds is 8. The third kappa shape index (κ3) is 5.55. The van der Waals surface area contributed by atoms with Gasteiger partial charge in [-0.25, -0.2) is 13.8 Å². The van der Waals surface area contributed by atoms with Gasteiger partial charge in [0.05, 0.1) is 24.1 Å². The van der Waals surface area contributed by atoms with Crippen LogP contribution in [0.1, 0.15) is 41.4 Å². The van der Waals surface area contributed by atoms with Gasteiger partial charge in [0.25, 0.3) is 5.91 Å². The first-order chi connectivity index (χ1) is 18.4. The Balaban J connectivity index is 1.47. The predicted molar refractivity (Wildman–Crippen MR) is 143 cm³/mol. The highest BCUT2D eigenvalue weighted by atomic mass is 19.1. The Morgan fingerprint density at radius 2 is 1.87 bits per heavy atom. The van der Waals surface area contributed by atoms with E-state index in [9.17, 15) is 13.6 Å². The summed E-state index contributed by atoms with van der Waals surface area (Å²) < 4.78 is 41.3. The van der Waals surface area contributed by atoms with Crippen molar-refractivity contribution in [1.82, 2.24) is 9.55 Å². The van der Waals surface area contributed by atoms with Gasteiger partial charge in [0.2, 0.25) is 0 Å². The van der Waals surface area contributed by atoms with Crippen LogP contribution in [0.2, 0.25) is 0 Å². The highest BCUT2D eigenvalue weighted by molar-refractivity contribution is 6.06. The van der Waals surface area contributed by atoms with Gasteiger partial charge >= 0.3 is 0 Å². The molecule has 1 aliphatic rings. The van der Waals surface area contributed by atoms with Gasteiger partial charge in [-0.15, -0.1) is 0 Å². The fourth-order valence-electron chi connectivity index (χ4n) is 4.95. The Hall–Kier alpha value is -3.78. The molecule has 0 spiro atoms. The normalized spacial score (nSPS) is 14.1. The number of hydrogen-bond donors (Lipinski definition) is 0. The van der Waals surface area contributed by atoms with Gasteiger partial charge in [-0.3, -0.25) is 4.79 Å². The molecule has 2 aromatic heterocycles. The summed E-state index contributed by atoms with van der Waals surface area (Å²) in [7, 11) is 1.54. The number of anilines is 1. The number of pyridine rings is 1. The molecule has 38 heavy (non-hydrogen) atoms. The van der Waals surface area contributed by atoms with E-state index >= 15 is 0 Å². The highest BCUT2D eigenvalue weighted by Crippen LogP contribution is 2.29. The van der Waals surface area contributed by atoms with Crippen molar-refractivity contribution in [3.8, 4) is 5.75 Å². The van der Waals surface area contributed by atoms with Gasteiger partial charge in [0.15, 0.2) is 0 Å². The summed E-state index contributed by atoms with van der Waals surface area (Å²) in [6, 6.07) is 14.9. The standard InChI is InChI=1S/C30H31F2N3O3/c1-3-38-26-7-4-20(5-8-26)14-24-15-22-16-25(34(2)30(36)27-17-23(31)6-9-28(27)32)18-33-29(22)35(24)19-21-10-12-37-13-11-21/h4-9,15-18,21H,3,10-14,19H2,1-2H3. The SMILES string of the molecule is CCOc1ccc(Cc2cc3cc(N(C)C(=O)c4cc(F)ccc4F)cnc3n2CC2CCOCC2)cc1. The molecule has 1 amide bonds. The van der Waals surface area contributed by atoms with Crippen LogP contribution < -0.4 is 9.64 Å². The Bertz CT molecular complexity index is 1430. The molecule has 0 aliphatic carbocycles. The van der Waals surface area contributed by atoms with E-state index in [0.717, 1.165) is 78.8 Å². The highest BCUT2D eigenvalue weighted by Gasteiger charge is 2.22. The number of hydrogen-bond acceptors (Lipinski definition) is 4. The van der Waals surface area contributed by atoms with E-state index in [4.69, 9.17) is 14.5 Å². The number of carbonyl (C=O) groups excluding carboxylic acids is 1. The number of aromatic nitrogens is 2. The van der Waals surface area contributed by atoms with Gasteiger partial charge in [-0.1, -0.05) is 12.1 Å². The van der Waals surface area contributed by atoms with Crippen molar-refractivity contribution in [3.05, 3.63) is 89.2 Å². The van der Waals surface area contributed by atoms with Crippen molar-refractivity contribution in [2.45, 2.75) is 32.7 Å². The quantitative estimate of drug-likeness (QED) is 0.286. The van der Waals surface area contributed by atoms with Gasteiger partial charge in [0, 0.05) is 44.3 Å². The lowest BCUT2D eigenvalue weighted by Gasteiger charge is -2.24. The average Bonchev–Trinajstić information content (AvgIpc) is 3.26.